The first-order valence-corrected chi connectivity index (χ1v) is 9.00. The van der Waals surface area contributed by atoms with Crippen LogP contribution in [0, 0.1) is 11.3 Å². The fraction of sp³-hybridized carbons (Fsp3) is 0.136. The second kappa shape index (κ2) is 7.90. The molecule has 7 nitrogen and oxygen atoms in total. The van der Waals surface area contributed by atoms with Gasteiger partial charge in [0.1, 0.15) is 23.1 Å². The lowest BCUT2D eigenvalue weighted by Crippen LogP contribution is -2.05. The number of hydrogen-bond donors (Lipinski definition) is 1. The highest BCUT2D eigenvalue weighted by Gasteiger charge is 2.22. The molecule has 0 saturated heterocycles. The van der Waals surface area contributed by atoms with Gasteiger partial charge in [-0.25, -0.2) is 4.79 Å². The highest BCUT2D eigenvalue weighted by Crippen LogP contribution is 2.35. The summed E-state index contributed by atoms with van der Waals surface area (Å²) in [6.45, 7) is 0.218. The van der Waals surface area contributed by atoms with Crippen LogP contribution in [-0.4, -0.2) is 33.7 Å². The third-order valence-corrected chi connectivity index (χ3v) is 4.56. The van der Waals surface area contributed by atoms with Crippen LogP contribution in [0.25, 0.3) is 16.4 Å². The molecule has 144 valence electrons. The van der Waals surface area contributed by atoms with Gasteiger partial charge in [0.25, 0.3) is 0 Å². The summed E-state index contributed by atoms with van der Waals surface area (Å²) in [5.74, 6) is -0.224. The Morgan fingerprint density at radius 1 is 1.21 bits per heavy atom. The van der Waals surface area contributed by atoms with Crippen molar-refractivity contribution >= 4 is 22.4 Å². The van der Waals surface area contributed by atoms with Crippen molar-refractivity contribution in [2.45, 2.75) is 6.42 Å². The van der Waals surface area contributed by atoms with Crippen LogP contribution in [0.3, 0.4) is 0 Å². The van der Waals surface area contributed by atoms with Gasteiger partial charge in [-0.05, 0) is 17.7 Å². The van der Waals surface area contributed by atoms with E-state index in [9.17, 15) is 9.90 Å². The number of nitriles is 1. The van der Waals surface area contributed by atoms with Crippen LogP contribution in [0.5, 0.6) is 11.5 Å². The van der Waals surface area contributed by atoms with E-state index in [4.69, 9.17) is 14.7 Å². The molecule has 0 saturated carbocycles. The monoisotopic (exact) mass is 387 g/mol. The molecule has 0 fully saturated rings. The summed E-state index contributed by atoms with van der Waals surface area (Å²) >= 11 is 0. The molecule has 7 heteroatoms. The van der Waals surface area contributed by atoms with Gasteiger partial charge in [-0.1, -0.05) is 24.3 Å². The fourth-order valence-corrected chi connectivity index (χ4v) is 3.35. The van der Waals surface area contributed by atoms with Crippen LogP contribution in [0.1, 0.15) is 15.9 Å². The Labute approximate surface area is 166 Å². The van der Waals surface area contributed by atoms with E-state index in [1.165, 1.54) is 0 Å². The van der Waals surface area contributed by atoms with Gasteiger partial charge in [0.05, 0.1) is 23.9 Å². The molecule has 1 aromatic carbocycles. The summed E-state index contributed by atoms with van der Waals surface area (Å²) in [5, 5.41) is 19.3. The van der Waals surface area contributed by atoms with E-state index >= 15 is 0 Å². The van der Waals surface area contributed by atoms with Gasteiger partial charge in [0, 0.05) is 30.3 Å². The predicted molar refractivity (Wildman–Crippen MR) is 106 cm³/mol. The summed E-state index contributed by atoms with van der Waals surface area (Å²) in [6, 6.07) is 14.6. The number of ether oxygens (including phenoxy) is 2. The Morgan fingerprint density at radius 3 is 2.83 bits per heavy atom. The zero-order valence-electron chi connectivity index (χ0n) is 15.4. The molecule has 0 amide bonds. The van der Waals surface area contributed by atoms with E-state index in [2.05, 4.69) is 4.98 Å². The van der Waals surface area contributed by atoms with Crippen LogP contribution in [0.4, 0.5) is 0 Å². The number of hydrogen-bond acceptors (Lipinski definition) is 5. The molecule has 1 N–H and O–H groups in total. The highest BCUT2D eigenvalue weighted by atomic mass is 16.5. The first-order chi connectivity index (χ1) is 14.2. The number of aromatic nitrogens is 2. The van der Waals surface area contributed by atoms with Crippen LogP contribution in [0.15, 0.2) is 61.1 Å². The molecular weight excluding hydrogens is 370 g/mol. The Bertz CT molecular complexity index is 1230. The predicted octanol–water partition coefficient (Wildman–Crippen LogP) is 3.71. The molecule has 3 aromatic heterocycles. The van der Waals surface area contributed by atoms with E-state index in [-0.39, 0.29) is 12.2 Å². The maximum atomic E-state index is 12.0. The van der Waals surface area contributed by atoms with Gasteiger partial charge >= 0.3 is 5.97 Å². The van der Waals surface area contributed by atoms with E-state index < -0.39 is 5.97 Å². The Balaban J connectivity index is 1.81. The van der Waals surface area contributed by atoms with E-state index in [0.717, 1.165) is 11.1 Å². The second-order valence-corrected chi connectivity index (χ2v) is 6.36. The minimum atomic E-state index is -1.04. The van der Waals surface area contributed by atoms with Gasteiger partial charge in [0.2, 0.25) is 0 Å². The van der Waals surface area contributed by atoms with Crippen molar-refractivity contribution in [2.24, 2.45) is 0 Å². The zero-order chi connectivity index (χ0) is 20.2. The van der Waals surface area contributed by atoms with Crippen molar-refractivity contribution in [2.75, 3.05) is 13.2 Å². The normalized spacial score (nSPS) is 10.7. The van der Waals surface area contributed by atoms with E-state index in [1.54, 1.807) is 41.2 Å². The summed E-state index contributed by atoms with van der Waals surface area (Å²) in [5.41, 5.74) is 2.36. The number of carbonyl (C=O) groups is 1. The molecule has 29 heavy (non-hydrogen) atoms. The molecular formula is C22H17N3O4. The van der Waals surface area contributed by atoms with Gasteiger partial charge in [-0.2, -0.15) is 5.26 Å². The SMILES string of the molecule is N#CCOc1cc(OCCc2cccnc2)c2c(C(=O)O)c3ccccc3n2c1. The van der Waals surface area contributed by atoms with Gasteiger partial charge in [-0.15, -0.1) is 0 Å². The molecule has 0 bridgehead atoms. The van der Waals surface area contributed by atoms with Crippen molar-refractivity contribution in [3.63, 3.8) is 0 Å². The standard InChI is InChI=1S/C22H17N3O4/c23-8-11-28-16-12-19(29-10-7-15-4-3-9-24-13-15)21-20(22(26)27)17-5-1-2-6-18(17)25(21)14-16/h1-6,9,12-14H,7,10-11H2,(H,26,27). The van der Waals surface area contributed by atoms with E-state index in [0.29, 0.717) is 35.4 Å². The maximum absolute atomic E-state index is 12.0. The number of carboxylic acids is 1. The van der Waals surface area contributed by atoms with Crippen LogP contribution < -0.4 is 9.47 Å². The van der Waals surface area contributed by atoms with Crippen LogP contribution >= 0.6 is 0 Å². The molecule has 0 spiro atoms. The third kappa shape index (κ3) is 3.56. The number of rotatable bonds is 7. The third-order valence-electron chi connectivity index (χ3n) is 4.56. The average molecular weight is 387 g/mol. The molecule has 0 radical (unpaired) electrons. The fourth-order valence-electron chi connectivity index (χ4n) is 3.35. The quantitative estimate of drug-likeness (QED) is 0.519. The summed E-state index contributed by atoms with van der Waals surface area (Å²) < 4.78 is 13.2. The van der Waals surface area contributed by atoms with Crippen LogP contribution in [0.2, 0.25) is 0 Å². The number of aromatic carboxylic acids is 1. The molecule has 0 aliphatic carbocycles. The lowest BCUT2D eigenvalue weighted by molar-refractivity contribution is 0.0700. The molecule has 4 aromatic rings. The summed E-state index contributed by atoms with van der Waals surface area (Å²) in [4.78, 5) is 16.1. The average Bonchev–Trinajstić information content (AvgIpc) is 3.08. The number of nitrogens with zero attached hydrogens (tertiary/aromatic N) is 3. The van der Waals surface area contributed by atoms with Crippen molar-refractivity contribution in [3.05, 3.63) is 72.2 Å². The van der Waals surface area contributed by atoms with Gasteiger partial charge in [0.15, 0.2) is 6.61 Å². The first-order valence-electron chi connectivity index (χ1n) is 9.00. The lowest BCUT2D eigenvalue weighted by atomic mass is 10.1. The smallest absolute Gasteiger partial charge is 0.338 e. The van der Waals surface area contributed by atoms with Crippen molar-refractivity contribution in [1.82, 2.24) is 9.38 Å². The topological polar surface area (TPSA) is 96.9 Å². The highest BCUT2D eigenvalue weighted by molar-refractivity contribution is 6.12. The Hall–Kier alpha value is -4.05. The number of carboxylic acid groups (broad SMARTS) is 1. The summed E-state index contributed by atoms with van der Waals surface area (Å²) in [6.07, 6.45) is 5.76. The Morgan fingerprint density at radius 2 is 2.07 bits per heavy atom. The van der Waals surface area contributed by atoms with Crippen molar-refractivity contribution < 1.29 is 19.4 Å². The van der Waals surface area contributed by atoms with Gasteiger partial charge < -0.3 is 19.0 Å². The van der Waals surface area contributed by atoms with E-state index in [1.807, 2.05) is 30.3 Å². The Kier molecular flexibility index (Phi) is 4.99. The molecule has 0 unspecified atom stereocenters. The number of para-hydroxylation sites is 1. The number of fused-ring (bicyclic) bond motifs is 3. The van der Waals surface area contributed by atoms with Crippen LogP contribution in [-0.2, 0) is 6.42 Å². The molecule has 3 heterocycles. The number of benzene rings is 1. The first kappa shape index (κ1) is 18.3. The molecule has 0 aliphatic heterocycles. The minimum Gasteiger partial charge on any atom is -0.491 e. The maximum Gasteiger partial charge on any atom is 0.338 e. The molecule has 4 rings (SSSR count). The number of pyridine rings is 2. The van der Waals surface area contributed by atoms with Crippen molar-refractivity contribution in [1.29, 1.82) is 5.26 Å². The minimum absolute atomic E-state index is 0.119. The van der Waals surface area contributed by atoms with Crippen molar-refractivity contribution in [3.8, 4) is 17.6 Å². The summed E-state index contributed by atoms with van der Waals surface area (Å²) in [7, 11) is 0. The van der Waals surface area contributed by atoms with Gasteiger partial charge in [-0.3, -0.25) is 4.98 Å². The molecule has 0 atom stereocenters. The second-order valence-electron chi connectivity index (χ2n) is 6.36. The largest absolute Gasteiger partial charge is 0.491 e. The lowest BCUT2D eigenvalue weighted by Gasteiger charge is -2.12. The zero-order valence-corrected chi connectivity index (χ0v) is 15.4. The molecule has 0 aliphatic rings.